The molecule has 5 heteroatoms. The number of ketones is 1. The molecule has 3 rings (SSSR count). The number of hydrogen-bond acceptors (Lipinski definition) is 4. The van der Waals surface area contributed by atoms with Crippen molar-refractivity contribution in [3.63, 3.8) is 0 Å². The Labute approximate surface area is 162 Å². The van der Waals surface area contributed by atoms with Crippen LogP contribution in [0.15, 0.2) is 72.8 Å². The summed E-state index contributed by atoms with van der Waals surface area (Å²) in [6, 6.07) is 20.6. The number of benzene rings is 3. The van der Waals surface area contributed by atoms with Gasteiger partial charge in [0.25, 0.3) is 0 Å². The molecule has 0 heterocycles. The molecule has 0 aliphatic carbocycles. The Hall–Kier alpha value is -3.11. The Morgan fingerprint density at radius 3 is 2.22 bits per heavy atom. The molecule has 0 N–H and O–H groups in total. The van der Waals surface area contributed by atoms with Crippen LogP contribution in [0.2, 0.25) is 5.02 Å². The second-order valence-electron chi connectivity index (χ2n) is 5.91. The second-order valence-corrected chi connectivity index (χ2v) is 6.35. The van der Waals surface area contributed by atoms with Crippen LogP contribution in [0.4, 0.5) is 0 Å². The van der Waals surface area contributed by atoms with E-state index in [1.165, 1.54) is 6.92 Å². The number of esters is 1. The lowest BCUT2D eigenvalue weighted by molar-refractivity contribution is 0.0733. The van der Waals surface area contributed by atoms with E-state index >= 15 is 0 Å². The number of halogens is 1. The first kappa shape index (κ1) is 18.7. The molecule has 3 aromatic rings. The van der Waals surface area contributed by atoms with E-state index in [1.54, 1.807) is 72.8 Å². The zero-order valence-corrected chi connectivity index (χ0v) is 15.4. The smallest absolute Gasteiger partial charge is 0.343 e. The Kier molecular flexibility index (Phi) is 5.89. The van der Waals surface area contributed by atoms with E-state index in [-0.39, 0.29) is 5.78 Å². The van der Waals surface area contributed by atoms with Crippen LogP contribution in [0.25, 0.3) is 0 Å². The summed E-state index contributed by atoms with van der Waals surface area (Å²) in [4.78, 5) is 23.7. The second kappa shape index (κ2) is 8.52. The highest BCUT2D eigenvalue weighted by Gasteiger charge is 2.10. The number of rotatable bonds is 6. The third-order valence-corrected chi connectivity index (χ3v) is 4.11. The minimum absolute atomic E-state index is 0.0852. The van der Waals surface area contributed by atoms with Gasteiger partial charge in [0.1, 0.15) is 18.1 Å². The molecular formula is C22H17ClO4. The SMILES string of the molecule is CC(=O)c1cccc(OC(=O)c2ccc(COc3ccc(Cl)cc3)cc2)c1. The van der Waals surface area contributed by atoms with Crippen LogP contribution in [-0.2, 0) is 6.61 Å². The molecule has 0 saturated carbocycles. The summed E-state index contributed by atoms with van der Waals surface area (Å²) in [5, 5.41) is 0.652. The summed E-state index contributed by atoms with van der Waals surface area (Å²) in [5.41, 5.74) is 1.83. The van der Waals surface area contributed by atoms with Gasteiger partial charge in [-0.1, -0.05) is 35.9 Å². The first-order valence-electron chi connectivity index (χ1n) is 8.32. The maximum absolute atomic E-state index is 12.3. The van der Waals surface area contributed by atoms with Crippen LogP contribution >= 0.6 is 11.6 Å². The van der Waals surface area contributed by atoms with Gasteiger partial charge in [-0.05, 0) is 61.0 Å². The topological polar surface area (TPSA) is 52.6 Å². The van der Waals surface area contributed by atoms with Gasteiger partial charge in [-0.2, -0.15) is 0 Å². The highest BCUT2D eigenvalue weighted by molar-refractivity contribution is 6.30. The maximum atomic E-state index is 12.3. The van der Waals surface area contributed by atoms with Crippen LogP contribution < -0.4 is 9.47 Å². The van der Waals surface area contributed by atoms with Crippen LogP contribution in [-0.4, -0.2) is 11.8 Å². The molecule has 0 bridgehead atoms. The maximum Gasteiger partial charge on any atom is 0.343 e. The minimum Gasteiger partial charge on any atom is -0.489 e. The predicted octanol–water partition coefficient (Wildman–Crippen LogP) is 5.34. The van der Waals surface area contributed by atoms with Gasteiger partial charge in [0.15, 0.2) is 5.78 Å². The van der Waals surface area contributed by atoms with Crippen molar-refractivity contribution in [3.8, 4) is 11.5 Å². The van der Waals surface area contributed by atoms with E-state index in [2.05, 4.69) is 0 Å². The fourth-order valence-corrected chi connectivity index (χ4v) is 2.51. The van der Waals surface area contributed by atoms with Crippen molar-refractivity contribution in [1.82, 2.24) is 0 Å². The summed E-state index contributed by atoms with van der Waals surface area (Å²) < 4.78 is 11.0. The summed E-state index contributed by atoms with van der Waals surface area (Å²) >= 11 is 5.84. The van der Waals surface area contributed by atoms with Crippen molar-refractivity contribution in [2.45, 2.75) is 13.5 Å². The Morgan fingerprint density at radius 2 is 1.56 bits per heavy atom. The molecular weight excluding hydrogens is 364 g/mol. The molecule has 0 aliphatic heterocycles. The first-order chi connectivity index (χ1) is 13.0. The molecule has 0 spiro atoms. The van der Waals surface area contributed by atoms with E-state index in [1.807, 2.05) is 0 Å². The van der Waals surface area contributed by atoms with E-state index in [9.17, 15) is 9.59 Å². The third-order valence-electron chi connectivity index (χ3n) is 3.86. The van der Waals surface area contributed by atoms with Crippen molar-refractivity contribution in [3.05, 3.63) is 94.5 Å². The molecule has 0 atom stereocenters. The monoisotopic (exact) mass is 380 g/mol. The highest BCUT2D eigenvalue weighted by atomic mass is 35.5. The number of ether oxygens (including phenoxy) is 2. The normalized spacial score (nSPS) is 10.3. The molecule has 3 aromatic carbocycles. The predicted molar refractivity (Wildman–Crippen MR) is 104 cm³/mol. The van der Waals surface area contributed by atoms with Crippen molar-refractivity contribution < 1.29 is 19.1 Å². The summed E-state index contributed by atoms with van der Waals surface area (Å²) in [6.07, 6.45) is 0. The molecule has 0 saturated heterocycles. The van der Waals surface area contributed by atoms with E-state index in [0.717, 1.165) is 5.56 Å². The number of carbonyl (C=O) groups is 2. The Bertz CT molecular complexity index is 947. The number of carbonyl (C=O) groups excluding carboxylic acids is 2. The first-order valence-corrected chi connectivity index (χ1v) is 8.69. The van der Waals surface area contributed by atoms with Gasteiger partial charge in [-0.3, -0.25) is 4.79 Å². The molecule has 0 radical (unpaired) electrons. The Morgan fingerprint density at radius 1 is 0.852 bits per heavy atom. The van der Waals surface area contributed by atoms with E-state index < -0.39 is 5.97 Å². The van der Waals surface area contributed by atoms with Gasteiger partial charge in [0, 0.05) is 10.6 Å². The fourth-order valence-electron chi connectivity index (χ4n) is 2.38. The molecule has 27 heavy (non-hydrogen) atoms. The Balaban J connectivity index is 1.60. The largest absolute Gasteiger partial charge is 0.489 e. The van der Waals surface area contributed by atoms with Gasteiger partial charge in [0.2, 0.25) is 0 Å². The van der Waals surface area contributed by atoms with Crippen molar-refractivity contribution in [1.29, 1.82) is 0 Å². The van der Waals surface area contributed by atoms with Crippen molar-refractivity contribution in [2.24, 2.45) is 0 Å². The quantitative estimate of drug-likeness (QED) is 0.329. The molecule has 4 nitrogen and oxygen atoms in total. The minimum atomic E-state index is -0.485. The average molecular weight is 381 g/mol. The van der Waals surface area contributed by atoms with Crippen LogP contribution in [0.3, 0.4) is 0 Å². The van der Waals surface area contributed by atoms with E-state index in [0.29, 0.717) is 34.3 Å². The molecule has 0 aliphatic rings. The van der Waals surface area contributed by atoms with Gasteiger partial charge >= 0.3 is 5.97 Å². The van der Waals surface area contributed by atoms with Gasteiger partial charge < -0.3 is 9.47 Å². The zero-order valence-electron chi connectivity index (χ0n) is 14.6. The van der Waals surface area contributed by atoms with Crippen LogP contribution in [0, 0.1) is 0 Å². The van der Waals surface area contributed by atoms with Crippen LogP contribution in [0.1, 0.15) is 33.2 Å². The van der Waals surface area contributed by atoms with Gasteiger partial charge in [0.05, 0.1) is 5.56 Å². The molecule has 0 amide bonds. The van der Waals surface area contributed by atoms with Crippen molar-refractivity contribution >= 4 is 23.4 Å². The van der Waals surface area contributed by atoms with Crippen LogP contribution in [0.5, 0.6) is 11.5 Å². The summed E-state index contributed by atoms with van der Waals surface area (Å²) in [5.74, 6) is 0.481. The number of Topliss-reactive ketones (excluding diaryl/α,β-unsaturated/α-hetero) is 1. The zero-order chi connectivity index (χ0) is 19.2. The lowest BCUT2D eigenvalue weighted by Crippen LogP contribution is -2.09. The fraction of sp³-hybridized carbons (Fsp3) is 0.0909. The van der Waals surface area contributed by atoms with Gasteiger partial charge in [-0.25, -0.2) is 4.79 Å². The summed E-state index contributed by atoms with van der Waals surface area (Å²) in [7, 11) is 0. The highest BCUT2D eigenvalue weighted by Crippen LogP contribution is 2.18. The molecule has 136 valence electrons. The standard InChI is InChI=1S/C22H17ClO4/c1-15(24)18-3-2-4-21(13-18)27-22(25)17-7-5-16(6-8-17)14-26-20-11-9-19(23)10-12-20/h2-13H,14H2,1H3. The average Bonchev–Trinajstić information content (AvgIpc) is 2.68. The van der Waals surface area contributed by atoms with Crippen molar-refractivity contribution in [2.75, 3.05) is 0 Å². The lowest BCUT2D eigenvalue weighted by Gasteiger charge is -2.08. The molecule has 0 aromatic heterocycles. The van der Waals surface area contributed by atoms with Gasteiger partial charge in [-0.15, -0.1) is 0 Å². The molecule has 0 unspecified atom stereocenters. The van der Waals surface area contributed by atoms with E-state index in [4.69, 9.17) is 21.1 Å². The number of hydrogen-bond donors (Lipinski definition) is 0. The lowest BCUT2D eigenvalue weighted by atomic mass is 10.1. The molecule has 0 fully saturated rings. The third kappa shape index (κ3) is 5.19. The summed E-state index contributed by atoms with van der Waals surface area (Å²) in [6.45, 7) is 1.84.